The summed E-state index contributed by atoms with van der Waals surface area (Å²) in [6.07, 6.45) is 0. The van der Waals surface area contributed by atoms with Crippen LogP contribution in [0.1, 0.15) is 0 Å². The average Bonchev–Trinajstić information content (AvgIpc) is 3.96. The molecule has 4 aromatic heterocycles. The van der Waals surface area contributed by atoms with Gasteiger partial charge in [0.15, 0.2) is 0 Å². The molecular weight excluding hydrogens is 721 g/mol. The number of benzene rings is 9. The minimum atomic E-state index is 0.623. The van der Waals surface area contributed by atoms with Crippen molar-refractivity contribution >= 4 is 87.2 Å². The Kier molecular flexibility index (Phi) is 6.66. The average molecular weight is 753 g/mol. The van der Waals surface area contributed by atoms with E-state index in [1.165, 1.54) is 32.6 Å². The van der Waals surface area contributed by atoms with E-state index in [0.717, 1.165) is 82.7 Å². The Balaban J connectivity index is 1.16. The van der Waals surface area contributed by atoms with Crippen molar-refractivity contribution in [2.24, 2.45) is 0 Å². The molecule has 5 nitrogen and oxygen atoms in total. The van der Waals surface area contributed by atoms with Gasteiger partial charge in [0.2, 0.25) is 5.95 Å². The molecule has 4 heterocycles. The molecule has 0 saturated heterocycles. The number of hydrogen-bond acceptors (Lipinski definition) is 3. The predicted octanol–water partition coefficient (Wildman–Crippen LogP) is 14.2. The molecular formula is C54H32N4O. The van der Waals surface area contributed by atoms with Crippen LogP contribution in [0.2, 0.25) is 0 Å². The lowest BCUT2D eigenvalue weighted by atomic mass is 9.94. The molecule has 13 aromatic rings. The molecule has 0 unspecified atom stereocenters. The summed E-state index contributed by atoms with van der Waals surface area (Å²) >= 11 is 0. The summed E-state index contributed by atoms with van der Waals surface area (Å²) in [5.41, 5.74) is 12.3. The maximum absolute atomic E-state index is 6.87. The summed E-state index contributed by atoms with van der Waals surface area (Å²) < 4.78 is 11.5. The minimum absolute atomic E-state index is 0.623. The lowest BCUT2D eigenvalue weighted by Gasteiger charge is -2.13. The Morgan fingerprint density at radius 1 is 0.356 bits per heavy atom. The number of rotatable bonds is 4. The van der Waals surface area contributed by atoms with Gasteiger partial charge in [-0.2, -0.15) is 0 Å². The maximum atomic E-state index is 6.87. The number of nitrogens with zero attached hydrogens (tertiary/aromatic N) is 4. The fraction of sp³-hybridized carbons (Fsp3) is 0. The van der Waals surface area contributed by atoms with Crippen LogP contribution in [-0.2, 0) is 0 Å². The van der Waals surface area contributed by atoms with Crippen LogP contribution in [0.3, 0.4) is 0 Å². The van der Waals surface area contributed by atoms with E-state index < -0.39 is 0 Å². The Bertz CT molecular complexity index is 3780. The van der Waals surface area contributed by atoms with Gasteiger partial charge in [-0.15, -0.1) is 0 Å². The molecule has 0 amide bonds. The van der Waals surface area contributed by atoms with Gasteiger partial charge < -0.3 is 8.98 Å². The van der Waals surface area contributed by atoms with E-state index in [2.05, 4.69) is 197 Å². The van der Waals surface area contributed by atoms with Crippen molar-refractivity contribution in [1.82, 2.24) is 19.1 Å². The van der Waals surface area contributed by atoms with Gasteiger partial charge in [0.25, 0.3) is 0 Å². The van der Waals surface area contributed by atoms with Crippen molar-refractivity contribution in [1.29, 1.82) is 0 Å². The first-order valence-corrected chi connectivity index (χ1v) is 20.0. The quantitative estimate of drug-likeness (QED) is 0.180. The first-order valence-electron chi connectivity index (χ1n) is 20.0. The van der Waals surface area contributed by atoms with Crippen molar-refractivity contribution < 1.29 is 4.42 Å². The molecule has 0 radical (unpaired) electrons. The SMILES string of the molecule is c1ccc(-c2nc(-n3c4cc(-c5ccccc5)c5ccccc5c4c4c5c(ccc43)oc3cc(-n4c6ccccc6c6ccccc64)ccc35)nc3ccccc23)cc1. The van der Waals surface area contributed by atoms with Crippen LogP contribution in [0.15, 0.2) is 199 Å². The first-order chi connectivity index (χ1) is 29.3. The summed E-state index contributed by atoms with van der Waals surface area (Å²) in [7, 11) is 0. The molecule has 0 saturated carbocycles. The highest BCUT2D eigenvalue weighted by Crippen LogP contribution is 2.46. The summed E-state index contributed by atoms with van der Waals surface area (Å²) in [6, 6.07) is 68.8. The zero-order valence-electron chi connectivity index (χ0n) is 31.7. The molecule has 9 aromatic carbocycles. The Labute approximate surface area is 337 Å². The van der Waals surface area contributed by atoms with Gasteiger partial charge in [0, 0.05) is 55.0 Å². The van der Waals surface area contributed by atoms with Crippen LogP contribution in [0.4, 0.5) is 0 Å². The molecule has 0 fully saturated rings. The third-order valence-electron chi connectivity index (χ3n) is 12.1. The highest BCUT2D eigenvalue weighted by molar-refractivity contribution is 6.33. The largest absolute Gasteiger partial charge is 0.456 e. The van der Waals surface area contributed by atoms with Crippen LogP contribution in [0.5, 0.6) is 0 Å². The lowest BCUT2D eigenvalue weighted by molar-refractivity contribution is 0.669. The van der Waals surface area contributed by atoms with Gasteiger partial charge in [-0.3, -0.25) is 4.57 Å². The van der Waals surface area contributed by atoms with Gasteiger partial charge in [0.05, 0.1) is 33.3 Å². The number of para-hydroxylation sites is 3. The van der Waals surface area contributed by atoms with E-state index >= 15 is 0 Å². The van der Waals surface area contributed by atoms with Crippen LogP contribution in [0.25, 0.3) is 121 Å². The van der Waals surface area contributed by atoms with Crippen LogP contribution in [-0.4, -0.2) is 19.1 Å². The van der Waals surface area contributed by atoms with E-state index in [1.807, 2.05) is 6.07 Å². The third kappa shape index (κ3) is 4.61. The highest BCUT2D eigenvalue weighted by atomic mass is 16.3. The molecule has 0 bridgehead atoms. The summed E-state index contributed by atoms with van der Waals surface area (Å²) in [5, 5.41) is 10.2. The normalized spacial score (nSPS) is 12.1. The van der Waals surface area contributed by atoms with E-state index in [9.17, 15) is 0 Å². The van der Waals surface area contributed by atoms with Crippen LogP contribution >= 0.6 is 0 Å². The topological polar surface area (TPSA) is 48.8 Å². The smallest absolute Gasteiger partial charge is 0.235 e. The van der Waals surface area contributed by atoms with E-state index in [4.69, 9.17) is 14.4 Å². The molecule has 0 aliphatic rings. The van der Waals surface area contributed by atoms with Gasteiger partial charge in [-0.1, -0.05) is 140 Å². The van der Waals surface area contributed by atoms with E-state index in [1.54, 1.807) is 0 Å². The summed E-state index contributed by atoms with van der Waals surface area (Å²) in [5.74, 6) is 0.623. The molecule has 5 heteroatoms. The molecule has 0 aliphatic heterocycles. The van der Waals surface area contributed by atoms with Crippen molar-refractivity contribution in [3.05, 3.63) is 194 Å². The van der Waals surface area contributed by atoms with Crippen molar-refractivity contribution in [3.63, 3.8) is 0 Å². The molecule has 13 rings (SSSR count). The second-order valence-electron chi connectivity index (χ2n) is 15.3. The minimum Gasteiger partial charge on any atom is -0.456 e. The van der Waals surface area contributed by atoms with Gasteiger partial charge >= 0.3 is 0 Å². The maximum Gasteiger partial charge on any atom is 0.235 e. The predicted molar refractivity (Wildman–Crippen MR) is 244 cm³/mol. The Morgan fingerprint density at radius 3 is 1.73 bits per heavy atom. The van der Waals surface area contributed by atoms with Gasteiger partial charge in [-0.05, 0) is 70.4 Å². The fourth-order valence-corrected chi connectivity index (χ4v) is 9.61. The molecule has 0 aliphatic carbocycles. The Hall–Kier alpha value is -8.02. The summed E-state index contributed by atoms with van der Waals surface area (Å²) in [4.78, 5) is 10.8. The van der Waals surface area contributed by atoms with Crippen LogP contribution < -0.4 is 0 Å². The van der Waals surface area contributed by atoms with E-state index in [0.29, 0.717) is 5.95 Å². The molecule has 0 N–H and O–H groups in total. The summed E-state index contributed by atoms with van der Waals surface area (Å²) in [6.45, 7) is 0. The molecule has 0 spiro atoms. The zero-order chi connectivity index (χ0) is 38.6. The standard InChI is InChI=1S/C54H32N4O/c1-3-15-33(16-4-1)42-32-47-50(39-22-8-7-19-36(39)42)52-46(58(47)54-55-43-24-12-9-23-40(43)53(56-54)34-17-5-2-6-18-34)29-30-48-51(52)41-28-27-35(31-49(41)59-48)57-44-25-13-10-20-37(44)38-21-11-14-26-45(38)57/h1-32H. The number of fused-ring (bicyclic) bond motifs is 13. The molecule has 59 heavy (non-hydrogen) atoms. The first kappa shape index (κ1) is 32.1. The van der Waals surface area contributed by atoms with Crippen molar-refractivity contribution in [2.45, 2.75) is 0 Å². The van der Waals surface area contributed by atoms with Crippen molar-refractivity contribution in [2.75, 3.05) is 0 Å². The third-order valence-corrected chi connectivity index (χ3v) is 12.1. The second-order valence-corrected chi connectivity index (χ2v) is 15.3. The zero-order valence-corrected chi connectivity index (χ0v) is 31.7. The molecule has 0 atom stereocenters. The van der Waals surface area contributed by atoms with Gasteiger partial charge in [-0.25, -0.2) is 9.97 Å². The highest BCUT2D eigenvalue weighted by Gasteiger charge is 2.24. The van der Waals surface area contributed by atoms with E-state index in [-0.39, 0.29) is 0 Å². The lowest BCUT2D eigenvalue weighted by Crippen LogP contribution is -2.03. The van der Waals surface area contributed by atoms with Crippen molar-refractivity contribution in [3.8, 4) is 34.0 Å². The second kappa shape index (κ2) is 12.2. The number of furan rings is 1. The Morgan fingerprint density at radius 2 is 0.983 bits per heavy atom. The van der Waals surface area contributed by atoms with Crippen LogP contribution in [0, 0.1) is 0 Å². The van der Waals surface area contributed by atoms with Gasteiger partial charge in [0.1, 0.15) is 11.2 Å². The number of aromatic nitrogens is 4. The fourth-order valence-electron chi connectivity index (χ4n) is 9.61. The number of hydrogen-bond donors (Lipinski definition) is 0. The molecule has 274 valence electrons. The monoisotopic (exact) mass is 752 g/mol.